The molecule has 4 heterocycles. The molecule has 3 aliphatic rings. The normalized spacial score (nSPS) is 26.8. The first kappa shape index (κ1) is 16.6. The Kier molecular flexibility index (Phi) is 4.54. The van der Waals surface area contributed by atoms with Crippen LogP contribution in [0.3, 0.4) is 0 Å². The van der Waals surface area contributed by atoms with Crippen molar-refractivity contribution in [1.82, 2.24) is 14.8 Å². The molecule has 0 radical (unpaired) electrons. The summed E-state index contributed by atoms with van der Waals surface area (Å²) in [5.41, 5.74) is 1.72. The van der Waals surface area contributed by atoms with E-state index >= 15 is 0 Å². The Morgan fingerprint density at radius 1 is 1.16 bits per heavy atom. The van der Waals surface area contributed by atoms with Gasteiger partial charge in [0.05, 0.1) is 11.4 Å². The number of hydrogen-bond donors (Lipinski definition) is 1. The molecule has 0 bridgehead atoms. The van der Waals surface area contributed by atoms with Gasteiger partial charge in [-0.05, 0) is 58.2 Å². The number of nitrogens with zero attached hydrogens (tertiary/aromatic N) is 4. The van der Waals surface area contributed by atoms with Gasteiger partial charge in [0, 0.05) is 38.3 Å². The lowest BCUT2D eigenvalue weighted by Gasteiger charge is -2.42. The molecule has 1 aromatic rings. The van der Waals surface area contributed by atoms with Gasteiger partial charge in [-0.1, -0.05) is 0 Å². The highest BCUT2D eigenvalue weighted by Gasteiger charge is 2.36. The molecular weight excluding hydrogens is 314 g/mol. The summed E-state index contributed by atoms with van der Waals surface area (Å²) in [4.78, 5) is 24.4. The fraction of sp³-hybridized carbons (Fsp3) is 0.684. The van der Waals surface area contributed by atoms with Gasteiger partial charge in [0.25, 0.3) is 0 Å². The summed E-state index contributed by atoms with van der Waals surface area (Å²) in [7, 11) is 0. The van der Waals surface area contributed by atoms with Crippen molar-refractivity contribution in [1.29, 1.82) is 0 Å². The van der Waals surface area contributed by atoms with Gasteiger partial charge >= 0.3 is 6.03 Å². The zero-order valence-corrected chi connectivity index (χ0v) is 15.4. The van der Waals surface area contributed by atoms with Gasteiger partial charge in [-0.25, -0.2) is 9.78 Å². The molecule has 1 N–H and O–H groups in total. The number of urea groups is 1. The largest absolute Gasteiger partial charge is 0.357 e. The van der Waals surface area contributed by atoms with Gasteiger partial charge in [0.2, 0.25) is 0 Å². The maximum Gasteiger partial charge on any atom is 0.322 e. The molecule has 0 unspecified atom stereocenters. The van der Waals surface area contributed by atoms with Crippen LogP contribution in [0.1, 0.15) is 38.3 Å². The minimum Gasteiger partial charge on any atom is -0.357 e. The average Bonchev–Trinajstić information content (AvgIpc) is 3.26. The van der Waals surface area contributed by atoms with Crippen LogP contribution in [0.25, 0.3) is 0 Å². The monoisotopic (exact) mass is 343 g/mol. The summed E-state index contributed by atoms with van der Waals surface area (Å²) in [5.74, 6) is 1.03. The molecule has 6 heteroatoms. The second-order valence-corrected chi connectivity index (χ2v) is 7.72. The number of aryl methyl sites for hydroxylation is 1. The van der Waals surface area contributed by atoms with Gasteiger partial charge in [0.15, 0.2) is 0 Å². The van der Waals surface area contributed by atoms with Crippen LogP contribution in [0.4, 0.5) is 16.3 Å². The second kappa shape index (κ2) is 6.83. The minimum atomic E-state index is 0.0119. The van der Waals surface area contributed by atoms with Crippen LogP contribution in [0.15, 0.2) is 12.1 Å². The van der Waals surface area contributed by atoms with Gasteiger partial charge in [-0.3, -0.25) is 4.90 Å². The predicted molar refractivity (Wildman–Crippen MR) is 100 cm³/mol. The quantitative estimate of drug-likeness (QED) is 0.897. The van der Waals surface area contributed by atoms with E-state index in [1.54, 1.807) is 0 Å². The summed E-state index contributed by atoms with van der Waals surface area (Å²) in [6, 6.07) is 4.85. The number of piperazine rings is 1. The third kappa shape index (κ3) is 3.32. The van der Waals surface area contributed by atoms with Crippen LogP contribution in [0.2, 0.25) is 0 Å². The van der Waals surface area contributed by atoms with E-state index in [2.05, 4.69) is 22.0 Å². The number of aromatic nitrogens is 1. The van der Waals surface area contributed by atoms with Gasteiger partial charge in [-0.15, -0.1) is 0 Å². The molecule has 0 saturated carbocycles. The first-order valence-corrected chi connectivity index (χ1v) is 9.66. The predicted octanol–water partition coefficient (Wildman–Crippen LogP) is 2.69. The first-order chi connectivity index (χ1) is 12.1. The Bertz CT molecular complexity index is 643. The van der Waals surface area contributed by atoms with E-state index in [4.69, 9.17) is 4.98 Å². The molecule has 2 atom stereocenters. The van der Waals surface area contributed by atoms with Crippen molar-refractivity contribution in [2.75, 3.05) is 42.9 Å². The van der Waals surface area contributed by atoms with Crippen molar-refractivity contribution in [3.8, 4) is 0 Å². The number of carbonyl (C=O) groups excluding carboxylic acids is 1. The topological polar surface area (TPSA) is 51.7 Å². The Labute approximate surface area is 150 Å². The molecule has 6 nitrogen and oxygen atoms in total. The molecule has 0 spiro atoms. The lowest BCUT2D eigenvalue weighted by atomic mass is 10.1. The lowest BCUT2D eigenvalue weighted by Crippen LogP contribution is -2.57. The number of hydrogen-bond acceptors (Lipinski definition) is 4. The third-order valence-electron chi connectivity index (χ3n) is 5.94. The van der Waals surface area contributed by atoms with E-state index in [0.29, 0.717) is 6.04 Å². The van der Waals surface area contributed by atoms with Crippen molar-refractivity contribution in [2.24, 2.45) is 0 Å². The summed E-state index contributed by atoms with van der Waals surface area (Å²) >= 11 is 0. The van der Waals surface area contributed by atoms with Crippen molar-refractivity contribution < 1.29 is 4.79 Å². The Morgan fingerprint density at radius 3 is 2.72 bits per heavy atom. The standard InChI is InChI=1S/C19H29N5O/c1-14-12-23-11-5-6-16(23)13-24(14)19(25)21-17-7-8-18(20-15(17)2)22-9-3-4-10-22/h7-8,14,16H,3-6,9-13H2,1-2H3,(H,21,25)/t14-,16+/m0/s1. The molecule has 0 aliphatic carbocycles. The fourth-order valence-electron chi connectivity index (χ4n) is 4.46. The third-order valence-corrected chi connectivity index (χ3v) is 5.94. The zero-order chi connectivity index (χ0) is 17.4. The number of pyridine rings is 1. The molecule has 2 amide bonds. The highest BCUT2D eigenvalue weighted by atomic mass is 16.2. The van der Waals surface area contributed by atoms with Crippen molar-refractivity contribution >= 4 is 17.5 Å². The van der Waals surface area contributed by atoms with Crippen LogP contribution in [0.5, 0.6) is 0 Å². The van der Waals surface area contributed by atoms with Crippen LogP contribution in [0, 0.1) is 6.92 Å². The maximum absolute atomic E-state index is 12.8. The fourth-order valence-corrected chi connectivity index (χ4v) is 4.46. The van der Waals surface area contributed by atoms with Crippen LogP contribution in [-0.4, -0.2) is 65.6 Å². The van der Waals surface area contributed by atoms with E-state index in [1.165, 1.54) is 32.2 Å². The van der Waals surface area contributed by atoms with Gasteiger partial charge < -0.3 is 15.1 Å². The van der Waals surface area contributed by atoms with Crippen LogP contribution in [-0.2, 0) is 0 Å². The van der Waals surface area contributed by atoms with Crippen molar-refractivity contribution in [3.63, 3.8) is 0 Å². The highest BCUT2D eigenvalue weighted by Crippen LogP contribution is 2.26. The minimum absolute atomic E-state index is 0.0119. The maximum atomic E-state index is 12.8. The second-order valence-electron chi connectivity index (χ2n) is 7.72. The molecule has 3 fully saturated rings. The summed E-state index contributed by atoms with van der Waals surface area (Å²) in [5, 5.41) is 3.10. The van der Waals surface area contributed by atoms with Crippen molar-refractivity contribution in [2.45, 2.75) is 51.6 Å². The number of carbonyl (C=O) groups is 1. The molecular formula is C19H29N5O. The number of anilines is 2. The van der Waals surface area contributed by atoms with Crippen LogP contribution < -0.4 is 10.2 Å². The zero-order valence-electron chi connectivity index (χ0n) is 15.4. The van der Waals surface area contributed by atoms with E-state index in [1.807, 2.05) is 24.0 Å². The molecule has 136 valence electrons. The number of rotatable bonds is 2. The van der Waals surface area contributed by atoms with E-state index in [-0.39, 0.29) is 12.1 Å². The molecule has 1 aromatic heterocycles. The molecule has 4 rings (SSSR count). The smallest absolute Gasteiger partial charge is 0.322 e. The van der Waals surface area contributed by atoms with E-state index in [0.717, 1.165) is 43.4 Å². The molecule has 3 saturated heterocycles. The summed E-state index contributed by atoms with van der Waals surface area (Å²) in [6.45, 7) is 9.31. The highest BCUT2D eigenvalue weighted by molar-refractivity contribution is 5.90. The molecule has 3 aliphatic heterocycles. The number of amides is 2. The summed E-state index contributed by atoms with van der Waals surface area (Å²) < 4.78 is 0. The summed E-state index contributed by atoms with van der Waals surface area (Å²) in [6.07, 6.45) is 4.95. The Morgan fingerprint density at radius 2 is 1.96 bits per heavy atom. The SMILES string of the molecule is Cc1nc(N2CCCC2)ccc1NC(=O)N1C[C@H]2CCCN2C[C@@H]1C. The Hall–Kier alpha value is -1.82. The van der Waals surface area contributed by atoms with Gasteiger partial charge in [0.1, 0.15) is 5.82 Å². The van der Waals surface area contributed by atoms with Crippen molar-refractivity contribution in [3.05, 3.63) is 17.8 Å². The van der Waals surface area contributed by atoms with Gasteiger partial charge in [-0.2, -0.15) is 0 Å². The Balaban J connectivity index is 1.43. The number of fused-ring (bicyclic) bond motifs is 1. The van der Waals surface area contributed by atoms with E-state index < -0.39 is 0 Å². The first-order valence-electron chi connectivity index (χ1n) is 9.66. The molecule has 0 aromatic carbocycles. The van der Waals surface area contributed by atoms with Crippen LogP contribution >= 0.6 is 0 Å². The lowest BCUT2D eigenvalue weighted by molar-refractivity contribution is 0.0861. The molecule has 25 heavy (non-hydrogen) atoms. The average molecular weight is 343 g/mol. The number of nitrogens with one attached hydrogen (secondary N) is 1. The van der Waals surface area contributed by atoms with E-state index in [9.17, 15) is 4.79 Å².